The zero-order chi connectivity index (χ0) is 18.5. The topological polar surface area (TPSA) is 60.1 Å². The number of nitrogens with zero attached hydrogens (tertiary/aromatic N) is 4. The predicted molar refractivity (Wildman–Crippen MR) is 107 cm³/mol. The average molecular weight is 393 g/mol. The maximum Gasteiger partial charge on any atom is 0.254 e. The van der Waals surface area contributed by atoms with E-state index in [0.717, 1.165) is 16.4 Å². The van der Waals surface area contributed by atoms with Crippen LogP contribution in [0.15, 0.2) is 76.7 Å². The Hall–Kier alpha value is -2.90. The Labute approximate surface area is 164 Å². The van der Waals surface area contributed by atoms with E-state index < -0.39 is 0 Å². The summed E-state index contributed by atoms with van der Waals surface area (Å²) < 4.78 is 1.98. The summed E-state index contributed by atoms with van der Waals surface area (Å²) in [4.78, 5) is 26.2. The molecule has 27 heavy (non-hydrogen) atoms. The summed E-state index contributed by atoms with van der Waals surface area (Å²) in [6, 6.07) is 15.8. The van der Waals surface area contributed by atoms with Gasteiger partial charge in [-0.25, -0.2) is 4.98 Å². The molecule has 1 amide bonds. The minimum atomic E-state index is -0.197. The van der Waals surface area contributed by atoms with Gasteiger partial charge in [-0.3, -0.25) is 9.78 Å². The molecule has 0 aliphatic carbocycles. The Morgan fingerprint density at radius 1 is 1.07 bits per heavy atom. The molecule has 4 rings (SSSR count). The third kappa shape index (κ3) is 4.45. The molecule has 0 aliphatic rings. The van der Waals surface area contributed by atoms with Crippen LogP contribution in [0.25, 0.3) is 10.7 Å². The quantitative estimate of drug-likeness (QED) is 0.519. The van der Waals surface area contributed by atoms with Crippen LogP contribution in [-0.4, -0.2) is 20.4 Å². The molecule has 1 aromatic carbocycles. The average Bonchev–Trinajstić information content (AvgIpc) is 3.33. The summed E-state index contributed by atoms with van der Waals surface area (Å²) in [5, 5.41) is 4.65. The number of amides is 1. The van der Waals surface area contributed by atoms with E-state index >= 15 is 0 Å². The smallest absolute Gasteiger partial charge is 0.254 e. The van der Waals surface area contributed by atoms with Crippen LogP contribution in [0.3, 0.4) is 0 Å². The first-order chi connectivity index (χ1) is 13.3. The number of rotatable bonds is 5. The maximum atomic E-state index is 12.4. The number of benzene rings is 1. The van der Waals surface area contributed by atoms with Crippen LogP contribution >= 0.6 is 22.7 Å². The van der Waals surface area contributed by atoms with Crippen LogP contribution in [0.1, 0.15) is 11.3 Å². The van der Waals surface area contributed by atoms with E-state index in [-0.39, 0.29) is 12.3 Å². The fraction of sp³-hybridized carbons (Fsp3) is 0.100. The molecule has 0 N–H and O–H groups in total. The first-order valence-electron chi connectivity index (χ1n) is 8.39. The van der Waals surface area contributed by atoms with Crippen molar-refractivity contribution in [1.29, 1.82) is 0 Å². The molecule has 3 aromatic heterocycles. The number of thiazole rings is 2. The van der Waals surface area contributed by atoms with Gasteiger partial charge in [-0.1, -0.05) is 36.4 Å². The highest BCUT2D eigenvalue weighted by Crippen LogP contribution is 2.21. The summed E-state index contributed by atoms with van der Waals surface area (Å²) in [6.07, 6.45) is 3.87. The molecule has 134 valence electrons. The molecule has 4 aromatic rings. The third-order valence-electron chi connectivity index (χ3n) is 3.84. The predicted octanol–water partition coefficient (Wildman–Crippen LogP) is 3.79. The van der Waals surface area contributed by atoms with Crippen molar-refractivity contribution in [1.82, 2.24) is 14.5 Å². The van der Waals surface area contributed by atoms with Gasteiger partial charge >= 0.3 is 0 Å². The van der Waals surface area contributed by atoms with Gasteiger partial charge in [-0.05, 0) is 17.7 Å². The summed E-state index contributed by atoms with van der Waals surface area (Å²) in [7, 11) is 0. The van der Waals surface area contributed by atoms with Gasteiger partial charge in [0.2, 0.25) is 0 Å². The van der Waals surface area contributed by atoms with E-state index in [1.165, 1.54) is 28.2 Å². The highest BCUT2D eigenvalue weighted by molar-refractivity contribution is 7.13. The number of carbonyl (C=O) groups excluding carboxylic acids is 1. The normalized spacial score (nSPS) is 11.6. The van der Waals surface area contributed by atoms with Gasteiger partial charge in [-0.2, -0.15) is 4.99 Å². The fourth-order valence-corrected chi connectivity index (χ4v) is 4.12. The molecular formula is C20H16N4OS2. The standard InChI is InChI=1S/C20H16N4OS2/c25-18(12-16-14-27-19(22-16)17-8-4-5-9-21-17)23-20-24(10-11-26-20)13-15-6-2-1-3-7-15/h1-11,14H,12-13H2. The minimum absolute atomic E-state index is 0.187. The Morgan fingerprint density at radius 2 is 1.93 bits per heavy atom. The Bertz CT molecular complexity index is 1100. The van der Waals surface area contributed by atoms with Gasteiger partial charge in [0.15, 0.2) is 4.80 Å². The highest BCUT2D eigenvalue weighted by atomic mass is 32.1. The summed E-state index contributed by atoms with van der Waals surface area (Å²) in [5.74, 6) is -0.197. The molecule has 0 spiro atoms. The number of carbonyl (C=O) groups is 1. The van der Waals surface area contributed by atoms with Crippen LogP contribution in [0.4, 0.5) is 0 Å². The van der Waals surface area contributed by atoms with Crippen molar-refractivity contribution in [3.8, 4) is 10.7 Å². The summed E-state index contributed by atoms with van der Waals surface area (Å²) in [6.45, 7) is 0.691. The van der Waals surface area contributed by atoms with Gasteiger partial charge in [0.1, 0.15) is 5.01 Å². The monoisotopic (exact) mass is 392 g/mol. The highest BCUT2D eigenvalue weighted by Gasteiger charge is 2.09. The molecule has 7 heteroatoms. The second-order valence-electron chi connectivity index (χ2n) is 5.84. The summed E-state index contributed by atoms with van der Waals surface area (Å²) in [5.41, 5.74) is 2.71. The Kier molecular flexibility index (Phi) is 5.32. The molecular weight excluding hydrogens is 376 g/mol. The van der Waals surface area contributed by atoms with E-state index in [0.29, 0.717) is 11.3 Å². The van der Waals surface area contributed by atoms with E-state index in [1.54, 1.807) is 6.20 Å². The van der Waals surface area contributed by atoms with Crippen molar-refractivity contribution >= 4 is 28.6 Å². The molecule has 3 heterocycles. The molecule has 0 radical (unpaired) electrons. The van der Waals surface area contributed by atoms with Crippen molar-refractivity contribution in [3.05, 3.63) is 87.7 Å². The molecule has 0 aliphatic heterocycles. The molecule has 0 fully saturated rings. The van der Waals surface area contributed by atoms with Gasteiger partial charge < -0.3 is 4.57 Å². The third-order valence-corrected chi connectivity index (χ3v) is 5.55. The molecule has 0 saturated heterocycles. The van der Waals surface area contributed by atoms with Crippen LogP contribution < -0.4 is 4.80 Å². The van der Waals surface area contributed by atoms with Crippen molar-refractivity contribution < 1.29 is 4.79 Å². The Balaban J connectivity index is 1.49. The largest absolute Gasteiger partial charge is 0.319 e. The minimum Gasteiger partial charge on any atom is -0.319 e. The number of aromatic nitrogens is 3. The lowest BCUT2D eigenvalue weighted by Gasteiger charge is -2.02. The van der Waals surface area contributed by atoms with Gasteiger partial charge in [0, 0.05) is 29.7 Å². The van der Waals surface area contributed by atoms with Crippen molar-refractivity contribution in [2.24, 2.45) is 4.99 Å². The molecule has 0 saturated carbocycles. The van der Waals surface area contributed by atoms with Crippen molar-refractivity contribution in [2.45, 2.75) is 13.0 Å². The lowest BCUT2D eigenvalue weighted by Crippen LogP contribution is -2.17. The molecule has 0 atom stereocenters. The maximum absolute atomic E-state index is 12.4. The van der Waals surface area contributed by atoms with Gasteiger partial charge in [0.05, 0.1) is 17.8 Å². The van der Waals surface area contributed by atoms with Crippen molar-refractivity contribution in [3.63, 3.8) is 0 Å². The van der Waals surface area contributed by atoms with E-state index in [9.17, 15) is 4.79 Å². The zero-order valence-corrected chi connectivity index (χ0v) is 16.0. The fourth-order valence-electron chi connectivity index (χ4n) is 2.58. The summed E-state index contributed by atoms with van der Waals surface area (Å²) >= 11 is 2.94. The second kappa shape index (κ2) is 8.20. The SMILES string of the molecule is O=C(Cc1csc(-c2ccccn2)n1)N=c1sccn1Cc1ccccc1. The van der Waals surface area contributed by atoms with Crippen LogP contribution in [-0.2, 0) is 17.8 Å². The van der Waals surface area contributed by atoms with Gasteiger partial charge in [-0.15, -0.1) is 22.7 Å². The van der Waals surface area contributed by atoms with Gasteiger partial charge in [0.25, 0.3) is 5.91 Å². The van der Waals surface area contributed by atoms with Crippen LogP contribution in [0.2, 0.25) is 0 Å². The lowest BCUT2D eigenvalue weighted by atomic mass is 10.2. The molecule has 5 nitrogen and oxygen atoms in total. The van der Waals surface area contributed by atoms with E-state index in [1.807, 2.05) is 57.9 Å². The first-order valence-corrected chi connectivity index (χ1v) is 10.1. The Morgan fingerprint density at radius 3 is 2.74 bits per heavy atom. The number of hydrogen-bond acceptors (Lipinski definition) is 5. The van der Waals surface area contributed by atoms with Crippen LogP contribution in [0, 0.1) is 0 Å². The van der Waals surface area contributed by atoms with E-state index in [4.69, 9.17) is 0 Å². The van der Waals surface area contributed by atoms with Crippen molar-refractivity contribution in [2.75, 3.05) is 0 Å². The van der Waals surface area contributed by atoms with E-state index in [2.05, 4.69) is 27.1 Å². The zero-order valence-electron chi connectivity index (χ0n) is 14.4. The van der Waals surface area contributed by atoms with Crippen LogP contribution in [0.5, 0.6) is 0 Å². The number of hydrogen-bond donors (Lipinski definition) is 0. The first kappa shape index (κ1) is 17.5. The molecule has 0 bridgehead atoms. The number of pyridine rings is 1. The second-order valence-corrected chi connectivity index (χ2v) is 7.57. The molecule has 0 unspecified atom stereocenters. The lowest BCUT2D eigenvalue weighted by molar-refractivity contribution is -0.117.